The molecular weight excluding hydrogens is 241 g/mol. The van der Waals surface area contributed by atoms with Gasteiger partial charge in [-0.3, -0.25) is 0 Å². The van der Waals surface area contributed by atoms with Crippen LogP contribution in [0.1, 0.15) is 18.1 Å². The third kappa shape index (κ3) is 3.55. The van der Waals surface area contributed by atoms with Crippen LogP contribution in [-0.4, -0.2) is 6.54 Å². The van der Waals surface area contributed by atoms with Crippen LogP contribution >= 0.6 is 0 Å². The number of hydrogen-bond acceptors (Lipinski definition) is 2. The molecule has 2 N–H and O–H groups in total. The van der Waals surface area contributed by atoms with Crippen molar-refractivity contribution in [1.29, 1.82) is 0 Å². The lowest BCUT2D eigenvalue weighted by molar-refractivity contribution is 0.473. The molecule has 2 rings (SSSR count). The smallest absolute Gasteiger partial charge is 0.130 e. The highest BCUT2D eigenvalue weighted by atomic mass is 19.1. The zero-order valence-corrected chi connectivity index (χ0v) is 11.0. The molecule has 2 aromatic rings. The van der Waals surface area contributed by atoms with Crippen LogP contribution in [0.15, 0.2) is 42.5 Å². The zero-order chi connectivity index (χ0) is 13.7. The molecule has 2 nitrogen and oxygen atoms in total. The number of hydrogen-bond donors (Lipinski definition) is 1. The molecule has 0 heterocycles. The minimum Gasteiger partial charge on any atom is -0.457 e. The second-order valence-electron chi connectivity index (χ2n) is 4.39. The summed E-state index contributed by atoms with van der Waals surface area (Å²) in [5, 5.41) is 0. The van der Waals surface area contributed by atoms with Crippen LogP contribution in [0.2, 0.25) is 0 Å². The van der Waals surface area contributed by atoms with Gasteiger partial charge < -0.3 is 10.5 Å². The normalized spacial score (nSPS) is 10.5. The van der Waals surface area contributed by atoms with E-state index in [2.05, 4.69) is 6.92 Å². The van der Waals surface area contributed by atoms with Crippen LogP contribution in [-0.2, 0) is 12.8 Å². The van der Waals surface area contributed by atoms with Gasteiger partial charge >= 0.3 is 0 Å². The zero-order valence-electron chi connectivity index (χ0n) is 11.0. The van der Waals surface area contributed by atoms with E-state index in [1.807, 2.05) is 24.3 Å². The molecule has 0 saturated carbocycles. The Morgan fingerprint density at radius 2 is 1.84 bits per heavy atom. The first-order chi connectivity index (χ1) is 9.22. The van der Waals surface area contributed by atoms with Crippen molar-refractivity contribution in [3.63, 3.8) is 0 Å². The Hall–Kier alpha value is -1.87. The fourth-order valence-corrected chi connectivity index (χ4v) is 1.92. The Kier molecular flexibility index (Phi) is 4.53. The summed E-state index contributed by atoms with van der Waals surface area (Å²) in [6.07, 6.45) is 1.59. The van der Waals surface area contributed by atoms with Crippen LogP contribution in [0.3, 0.4) is 0 Å². The molecule has 0 atom stereocenters. The van der Waals surface area contributed by atoms with Gasteiger partial charge in [-0.1, -0.05) is 19.1 Å². The SMILES string of the molecule is CCc1ccc(Oc2ccc(F)cc2CCN)cc1. The molecule has 19 heavy (non-hydrogen) atoms. The van der Waals surface area contributed by atoms with Gasteiger partial charge in [-0.05, 0) is 60.8 Å². The Bertz CT molecular complexity index is 537. The first-order valence-corrected chi connectivity index (χ1v) is 6.48. The topological polar surface area (TPSA) is 35.2 Å². The summed E-state index contributed by atoms with van der Waals surface area (Å²) in [5.74, 6) is 1.15. The average Bonchev–Trinajstić information content (AvgIpc) is 2.43. The van der Waals surface area contributed by atoms with Gasteiger partial charge in [0, 0.05) is 0 Å². The number of nitrogens with two attached hydrogens (primary N) is 1. The van der Waals surface area contributed by atoms with Gasteiger partial charge in [-0.25, -0.2) is 4.39 Å². The Morgan fingerprint density at radius 1 is 1.11 bits per heavy atom. The Balaban J connectivity index is 2.21. The quantitative estimate of drug-likeness (QED) is 0.889. The molecule has 0 amide bonds. The van der Waals surface area contributed by atoms with E-state index in [4.69, 9.17) is 10.5 Å². The van der Waals surface area contributed by atoms with E-state index >= 15 is 0 Å². The van der Waals surface area contributed by atoms with Crippen molar-refractivity contribution in [2.75, 3.05) is 6.54 Å². The molecule has 2 aromatic carbocycles. The number of halogens is 1. The largest absolute Gasteiger partial charge is 0.457 e. The molecule has 0 unspecified atom stereocenters. The fourth-order valence-electron chi connectivity index (χ4n) is 1.92. The van der Waals surface area contributed by atoms with Crippen LogP contribution < -0.4 is 10.5 Å². The van der Waals surface area contributed by atoms with Crippen LogP contribution in [0.4, 0.5) is 4.39 Å². The maximum Gasteiger partial charge on any atom is 0.130 e. The highest BCUT2D eigenvalue weighted by molar-refractivity contribution is 5.39. The summed E-state index contributed by atoms with van der Waals surface area (Å²) in [7, 11) is 0. The second-order valence-corrected chi connectivity index (χ2v) is 4.39. The number of benzene rings is 2. The lowest BCUT2D eigenvalue weighted by Crippen LogP contribution is -2.04. The minimum atomic E-state index is -0.267. The molecule has 0 aliphatic rings. The summed E-state index contributed by atoms with van der Waals surface area (Å²) in [4.78, 5) is 0. The average molecular weight is 259 g/mol. The van der Waals surface area contributed by atoms with Gasteiger partial charge in [0.1, 0.15) is 17.3 Å². The lowest BCUT2D eigenvalue weighted by atomic mass is 10.1. The third-order valence-electron chi connectivity index (χ3n) is 3.00. The molecule has 0 aromatic heterocycles. The summed E-state index contributed by atoms with van der Waals surface area (Å²) < 4.78 is 19.0. The van der Waals surface area contributed by atoms with Gasteiger partial charge in [0.05, 0.1) is 0 Å². The van der Waals surface area contributed by atoms with E-state index in [0.29, 0.717) is 18.7 Å². The molecule has 3 heteroatoms. The van der Waals surface area contributed by atoms with Crippen molar-refractivity contribution in [3.05, 3.63) is 59.4 Å². The maximum absolute atomic E-state index is 13.2. The van der Waals surface area contributed by atoms with Crippen molar-refractivity contribution in [2.45, 2.75) is 19.8 Å². The van der Waals surface area contributed by atoms with E-state index in [1.165, 1.54) is 17.7 Å². The number of aryl methyl sites for hydroxylation is 1. The van der Waals surface area contributed by atoms with Crippen LogP contribution in [0, 0.1) is 5.82 Å². The van der Waals surface area contributed by atoms with E-state index < -0.39 is 0 Å². The molecule has 0 aliphatic carbocycles. The molecule has 0 aliphatic heterocycles. The van der Waals surface area contributed by atoms with E-state index in [0.717, 1.165) is 17.7 Å². The van der Waals surface area contributed by atoms with Crippen molar-refractivity contribution in [2.24, 2.45) is 5.73 Å². The molecule has 0 saturated heterocycles. The predicted octanol–water partition coefficient (Wildman–Crippen LogP) is 3.68. The summed E-state index contributed by atoms with van der Waals surface area (Å²) in [5.41, 5.74) is 7.58. The van der Waals surface area contributed by atoms with Crippen molar-refractivity contribution >= 4 is 0 Å². The van der Waals surface area contributed by atoms with Crippen molar-refractivity contribution in [1.82, 2.24) is 0 Å². The van der Waals surface area contributed by atoms with Gasteiger partial charge in [0.25, 0.3) is 0 Å². The van der Waals surface area contributed by atoms with Crippen molar-refractivity contribution in [3.8, 4) is 11.5 Å². The molecular formula is C16H18FNO. The first kappa shape index (κ1) is 13.6. The molecule has 0 bridgehead atoms. The third-order valence-corrected chi connectivity index (χ3v) is 3.00. The van der Waals surface area contributed by atoms with Gasteiger partial charge in [-0.2, -0.15) is 0 Å². The highest BCUT2D eigenvalue weighted by Crippen LogP contribution is 2.26. The molecule has 100 valence electrons. The lowest BCUT2D eigenvalue weighted by Gasteiger charge is -2.11. The predicted molar refractivity (Wildman–Crippen MR) is 75.1 cm³/mol. The van der Waals surface area contributed by atoms with Crippen molar-refractivity contribution < 1.29 is 9.13 Å². The van der Waals surface area contributed by atoms with E-state index in [1.54, 1.807) is 6.07 Å². The van der Waals surface area contributed by atoms with E-state index in [9.17, 15) is 4.39 Å². The number of rotatable bonds is 5. The highest BCUT2D eigenvalue weighted by Gasteiger charge is 2.06. The van der Waals surface area contributed by atoms with Gasteiger partial charge in [0.15, 0.2) is 0 Å². The van der Waals surface area contributed by atoms with Gasteiger partial charge in [-0.15, -0.1) is 0 Å². The molecule has 0 spiro atoms. The summed E-state index contributed by atoms with van der Waals surface area (Å²) >= 11 is 0. The van der Waals surface area contributed by atoms with Gasteiger partial charge in [0.2, 0.25) is 0 Å². The standard InChI is InChI=1S/C16H18FNO/c1-2-12-3-6-15(7-4-12)19-16-8-5-14(17)11-13(16)9-10-18/h3-8,11H,2,9-10,18H2,1H3. The summed E-state index contributed by atoms with van der Waals surface area (Å²) in [6, 6.07) is 12.4. The van der Waals surface area contributed by atoms with E-state index in [-0.39, 0.29) is 5.82 Å². The Morgan fingerprint density at radius 3 is 2.47 bits per heavy atom. The Labute approximate surface area is 113 Å². The first-order valence-electron chi connectivity index (χ1n) is 6.48. The molecule has 0 fully saturated rings. The van der Waals surface area contributed by atoms with Crippen LogP contribution in [0.5, 0.6) is 11.5 Å². The minimum absolute atomic E-state index is 0.267. The molecule has 0 radical (unpaired) electrons. The second kappa shape index (κ2) is 6.34. The maximum atomic E-state index is 13.2. The number of ether oxygens (including phenoxy) is 1. The monoisotopic (exact) mass is 259 g/mol. The fraction of sp³-hybridized carbons (Fsp3) is 0.250. The summed E-state index contributed by atoms with van der Waals surface area (Å²) in [6.45, 7) is 2.57. The van der Waals surface area contributed by atoms with Crippen LogP contribution in [0.25, 0.3) is 0 Å².